The van der Waals surface area contributed by atoms with Gasteiger partial charge in [0.15, 0.2) is 0 Å². The average molecular weight is 394 g/mol. The molecule has 0 N–H and O–H groups in total. The summed E-state index contributed by atoms with van der Waals surface area (Å²) in [6, 6.07) is 10.3. The summed E-state index contributed by atoms with van der Waals surface area (Å²) in [5.41, 5.74) is 0.892. The number of aromatic nitrogens is 1. The quantitative estimate of drug-likeness (QED) is 0.671. The van der Waals surface area contributed by atoms with Crippen molar-refractivity contribution in [2.45, 2.75) is 23.7 Å². The highest BCUT2D eigenvalue weighted by molar-refractivity contribution is 7.89. The van der Waals surface area contributed by atoms with Crippen molar-refractivity contribution in [3.05, 3.63) is 59.1 Å². The molecule has 1 atom stereocenters. The number of hydrogen-bond acceptors (Lipinski definition) is 4. The van der Waals surface area contributed by atoms with Crippen molar-refractivity contribution in [3.8, 4) is 0 Å². The fourth-order valence-corrected chi connectivity index (χ4v) is 5.93. The highest BCUT2D eigenvalue weighted by Crippen LogP contribution is 2.35. The van der Waals surface area contributed by atoms with Crippen LogP contribution in [0.1, 0.15) is 23.8 Å². The molecule has 136 valence electrons. The minimum atomic E-state index is -4.09. The molecule has 1 aromatic heterocycles. The fraction of sp³-hybridized carbons (Fsp3) is 0.278. The summed E-state index contributed by atoms with van der Waals surface area (Å²) in [5, 5.41) is 0.880. The summed E-state index contributed by atoms with van der Waals surface area (Å²) >= 11 is 1.55. The van der Waals surface area contributed by atoms with Crippen LogP contribution in [0.15, 0.2) is 47.4 Å². The van der Waals surface area contributed by atoms with Crippen LogP contribution >= 0.6 is 11.3 Å². The zero-order valence-electron chi connectivity index (χ0n) is 13.7. The molecule has 0 aliphatic carbocycles. The van der Waals surface area contributed by atoms with Crippen molar-refractivity contribution in [1.29, 1.82) is 0 Å². The maximum absolute atomic E-state index is 14.0. The molecule has 0 radical (unpaired) electrons. The molecule has 4 nitrogen and oxygen atoms in total. The van der Waals surface area contributed by atoms with E-state index in [1.54, 1.807) is 11.3 Å². The first-order valence-electron chi connectivity index (χ1n) is 8.26. The van der Waals surface area contributed by atoms with E-state index in [4.69, 9.17) is 0 Å². The van der Waals surface area contributed by atoms with E-state index in [1.807, 2.05) is 24.3 Å². The predicted molar refractivity (Wildman–Crippen MR) is 96.7 cm³/mol. The Labute approximate surface area is 154 Å². The number of halogens is 2. The normalized spacial score (nSPS) is 19.1. The molecule has 26 heavy (non-hydrogen) atoms. The summed E-state index contributed by atoms with van der Waals surface area (Å²) in [7, 11) is -4.09. The van der Waals surface area contributed by atoms with Gasteiger partial charge in [0.1, 0.15) is 16.5 Å². The molecule has 4 rings (SSSR count). The first kappa shape index (κ1) is 17.5. The van der Waals surface area contributed by atoms with Crippen molar-refractivity contribution in [1.82, 2.24) is 9.29 Å². The smallest absolute Gasteiger partial charge is 0.241 e. The molecule has 0 saturated carbocycles. The molecule has 2 heterocycles. The Bertz CT molecular complexity index is 1030. The number of sulfonamides is 1. The van der Waals surface area contributed by atoms with Gasteiger partial charge in [-0.25, -0.2) is 22.2 Å². The van der Waals surface area contributed by atoms with Crippen LogP contribution in [0.2, 0.25) is 0 Å². The van der Waals surface area contributed by atoms with Gasteiger partial charge in [-0.1, -0.05) is 12.1 Å². The van der Waals surface area contributed by atoms with Gasteiger partial charge in [-0.15, -0.1) is 11.3 Å². The Kier molecular flexibility index (Phi) is 4.50. The minimum Gasteiger partial charge on any atom is -0.241 e. The third kappa shape index (κ3) is 3.13. The Morgan fingerprint density at radius 3 is 2.77 bits per heavy atom. The van der Waals surface area contributed by atoms with E-state index in [9.17, 15) is 17.2 Å². The number of hydrogen-bond donors (Lipinski definition) is 0. The molecular weight excluding hydrogens is 378 g/mol. The second kappa shape index (κ2) is 6.68. The van der Waals surface area contributed by atoms with Gasteiger partial charge in [-0.05, 0) is 43.2 Å². The predicted octanol–water partition coefficient (Wildman–Crippen LogP) is 4.14. The number of rotatable bonds is 3. The SMILES string of the molecule is O=S(=O)(c1cc(F)ccc1F)N1CCCC(c2nc3ccccc3s2)C1. The standard InChI is InChI=1S/C18H16F2N2O2S2/c19-13-7-8-14(20)17(10-13)26(23,24)22-9-3-4-12(11-22)18-21-15-5-1-2-6-16(15)25-18/h1-2,5-8,10,12H,3-4,9,11H2. The van der Waals surface area contributed by atoms with Crippen molar-refractivity contribution < 1.29 is 17.2 Å². The van der Waals surface area contributed by atoms with Crippen LogP contribution in [-0.4, -0.2) is 30.8 Å². The third-order valence-electron chi connectivity index (χ3n) is 4.55. The minimum absolute atomic E-state index is 0.0486. The second-order valence-electron chi connectivity index (χ2n) is 6.30. The lowest BCUT2D eigenvalue weighted by atomic mass is 10.0. The Balaban J connectivity index is 1.64. The molecule has 1 fully saturated rings. The van der Waals surface area contributed by atoms with Crippen molar-refractivity contribution >= 4 is 31.6 Å². The average Bonchev–Trinajstić information content (AvgIpc) is 3.08. The van der Waals surface area contributed by atoms with Gasteiger partial charge >= 0.3 is 0 Å². The Hall–Kier alpha value is -1.90. The van der Waals surface area contributed by atoms with Gasteiger partial charge < -0.3 is 0 Å². The van der Waals surface area contributed by atoms with E-state index in [-0.39, 0.29) is 12.5 Å². The first-order chi connectivity index (χ1) is 12.4. The largest absolute Gasteiger partial charge is 0.246 e. The monoisotopic (exact) mass is 394 g/mol. The number of benzene rings is 2. The maximum atomic E-state index is 14.0. The summed E-state index contributed by atoms with van der Waals surface area (Å²) in [6.07, 6.45) is 1.47. The highest BCUT2D eigenvalue weighted by atomic mass is 32.2. The van der Waals surface area contributed by atoms with Gasteiger partial charge in [-0.2, -0.15) is 4.31 Å². The number of thiazole rings is 1. The Morgan fingerprint density at radius 2 is 1.96 bits per heavy atom. The van der Waals surface area contributed by atoms with Gasteiger partial charge in [0.2, 0.25) is 10.0 Å². The van der Waals surface area contributed by atoms with Gasteiger partial charge in [0.05, 0.1) is 15.2 Å². The van der Waals surface area contributed by atoms with Crippen LogP contribution in [0.4, 0.5) is 8.78 Å². The van der Waals surface area contributed by atoms with E-state index >= 15 is 0 Å². The lowest BCUT2D eigenvalue weighted by molar-refractivity contribution is 0.314. The highest BCUT2D eigenvalue weighted by Gasteiger charge is 2.34. The molecule has 2 aromatic carbocycles. The van der Waals surface area contributed by atoms with Crippen LogP contribution in [0.5, 0.6) is 0 Å². The molecule has 1 aliphatic heterocycles. The molecule has 1 saturated heterocycles. The molecule has 1 aliphatic rings. The van der Waals surface area contributed by atoms with Crippen LogP contribution < -0.4 is 0 Å². The van der Waals surface area contributed by atoms with E-state index in [2.05, 4.69) is 4.98 Å². The molecule has 1 unspecified atom stereocenters. The van der Waals surface area contributed by atoms with Crippen molar-refractivity contribution in [3.63, 3.8) is 0 Å². The maximum Gasteiger partial charge on any atom is 0.246 e. The molecular formula is C18H16F2N2O2S2. The number of fused-ring (bicyclic) bond motifs is 1. The van der Waals surface area contributed by atoms with Crippen LogP contribution in [0.25, 0.3) is 10.2 Å². The summed E-state index contributed by atoms with van der Waals surface area (Å²) in [4.78, 5) is 4.01. The van der Waals surface area contributed by atoms with Crippen LogP contribution in [0, 0.1) is 11.6 Å². The zero-order chi connectivity index (χ0) is 18.3. The molecule has 0 spiro atoms. The van der Waals surface area contributed by atoms with Gasteiger partial charge in [0, 0.05) is 19.0 Å². The van der Waals surface area contributed by atoms with Gasteiger partial charge in [0.25, 0.3) is 0 Å². The summed E-state index contributed by atoms with van der Waals surface area (Å²) in [5.74, 6) is -1.76. The zero-order valence-corrected chi connectivity index (χ0v) is 15.4. The lowest BCUT2D eigenvalue weighted by Gasteiger charge is -2.31. The fourth-order valence-electron chi connectivity index (χ4n) is 3.24. The van der Waals surface area contributed by atoms with Gasteiger partial charge in [-0.3, -0.25) is 0 Å². The molecule has 0 amide bonds. The topological polar surface area (TPSA) is 50.3 Å². The van der Waals surface area contributed by atoms with E-state index in [1.165, 1.54) is 4.31 Å². The second-order valence-corrected chi connectivity index (χ2v) is 9.27. The van der Waals surface area contributed by atoms with Crippen molar-refractivity contribution in [2.75, 3.05) is 13.1 Å². The van der Waals surface area contributed by atoms with E-state index in [0.717, 1.165) is 39.8 Å². The molecule has 0 bridgehead atoms. The Morgan fingerprint density at radius 1 is 1.15 bits per heavy atom. The third-order valence-corrected chi connectivity index (χ3v) is 7.63. The van der Waals surface area contributed by atoms with Crippen molar-refractivity contribution in [2.24, 2.45) is 0 Å². The molecule has 8 heteroatoms. The number of nitrogens with zero attached hydrogens (tertiary/aromatic N) is 2. The van der Waals surface area contributed by atoms with E-state index in [0.29, 0.717) is 13.0 Å². The lowest BCUT2D eigenvalue weighted by Crippen LogP contribution is -2.39. The van der Waals surface area contributed by atoms with Crippen LogP contribution in [0.3, 0.4) is 0 Å². The summed E-state index contributed by atoms with van der Waals surface area (Å²) < 4.78 is 55.4. The summed E-state index contributed by atoms with van der Waals surface area (Å²) in [6.45, 7) is 0.512. The molecule has 3 aromatic rings. The van der Waals surface area contributed by atoms with E-state index < -0.39 is 26.6 Å². The van der Waals surface area contributed by atoms with Crippen LogP contribution in [-0.2, 0) is 10.0 Å². The number of piperidine rings is 1. The number of para-hydroxylation sites is 1. The first-order valence-corrected chi connectivity index (χ1v) is 10.5.